The summed E-state index contributed by atoms with van der Waals surface area (Å²) in [5, 5.41) is 4.94. The molecule has 0 unspecified atom stereocenters. The van der Waals surface area contributed by atoms with Gasteiger partial charge < -0.3 is 4.90 Å². The van der Waals surface area contributed by atoms with E-state index in [9.17, 15) is 4.79 Å². The van der Waals surface area contributed by atoms with Crippen LogP contribution in [0.2, 0.25) is 0 Å². The first-order valence-electron chi connectivity index (χ1n) is 8.16. The van der Waals surface area contributed by atoms with E-state index in [0.717, 1.165) is 17.6 Å². The quantitative estimate of drug-likeness (QED) is 0.661. The lowest BCUT2D eigenvalue weighted by Crippen LogP contribution is -2.36. The highest BCUT2D eigenvalue weighted by molar-refractivity contribution is 9.10. The molecule has 0 atom stereocenters. The highest BCUT2D eigenvalue weighted by Gasteiger charge is 2.31. The van der Waals surface area contributed by atoms with E-state index in [1.807, 2.05) is 16.7 Å². The molecule has 1 aromatic rings. The summed E-state index contributed by atoms with van der Waals surface area (Å²) in [7, 11) is 0. The lowest BCUT2D eigenvalue weighted by atomic mass is 10.1. The van der Waals surface area contributed by atoms with Crippen LogP contribution in [0.3, 0.4) is 0 Å². The first kappa shape index (κ1) is 17.7. The van der Waals surface area contributed by atoms with Gasteiger partial charge in [0.15, 0.2) is 0 Å². The number of amides is 1. The number of fused-ring (bicyclic) bond motifs is 1. The van der Waals surface area contributed by atoms with E-state index < -0.39 is 0 Å². The number of hydrogen-bond acceptors (Lipinski definition) is 4. The van der Waals surface area contributed by atoms with Gasteiger partial charge in [-0.3, -0.25) is 9.48 Å². The van der Waals surface area contributed by atoms with Crippen LogP contribution in [0, 0.1) is 0 Å². The normalized spacial score (nSPS) is 19.7. The van der Waals surface area contributed by atoms with Crippen molar-refractivity contribution in [2.45, 2.75) is 57.4 Å². The summed E-state index contributed by atoms with van der Waals surface area (Å²) in [5.74, 6) is 2.45. The Morgan fingerprint density at radius 2 is 2.04 bits per heavy atom. The Balaban J connectivity index is 1.76. The number of carbonyl (C=O) groups is 1. The molecule has 1 amide bonds. The number of thioether (sulfide) groups is 2. The molecule has 1 saturated heterocycles. The Morgan fingerprint density at radius 1 is 1.35 bits per heavy atom. The van der Waals surface area contributed by atoms with Gasteiger partial charge in [-0.1, -0.05) is 32.5 Å². The van der Waals surface area contributed by atoms with Crippen LogP contribution < -0.4 is 0 Å². The van der Waals surface area contributed by atoms with Crippen LogP contribution >= 0.6 is 39.5 Å². The van der Waals surface area contributed by atoms with Crippen molar-refractivity contribution in [1.82, 2.24) is 14.7 Å². The molecule has 0 N–H and O–H groups in total. The minimum Gasteiger partial charge on any atom is -0.329 e. The average molecular weight is 418 g/mol. The molecule has 1 fully saturated rings. The van der Waals surface area contributed by atoms with Crippen LogP contribution in [0.4, 0.5) is 4.79 Å². The van der Waals surface area contributed by atoms with Gasteiger partial charge in [-0.05, 0) is 40.3 Å². The van der Waals surface area contributed by atoms with E-state index in [4.69, 9.17) is 5.10 Å². The van der Waals surface area contributed by atoms with Gasteiger partial charge in [-0.15, -0.1) is 0 Å². The highest BCUT2D eigenvalue weighted by atomic mass is 79.9. The molecular formula is C16H24BrN3OS2. The molecule has 0 radical (unpaired) electrons. The number of hydrogen-bond donors (Lipinski definition) is 0. The van der Waals surface area contributed by atoms with Crippen LogP contribution in [-0.4, -0.2) is 42.7 Å². The molecule has 128 valence electrons. The third-order valence-corrected chi connectivity index (χ3v) is 6.96. The van der Waals surface area contributed by atoms with Gasteiger partial charge in [-0.2, -0.15) is 16.9 Å². The number of nitrogens with zero attached hydrogens (tertiary/aromatic N) is 3. The maximum atomic E-state index is 12.5. The van der Waals surface area contributed by atoms with Crippen molar-refractivity contribution >= 4 is 44.7 Å². The standard InChI is InChI=1S/C16H24BrN3OS2/c1-16(2,3)23-15(21)19-7-4-13-12(10-19)14(17)18-20(13)11-5-8-22-9-6-11/h11H,4-10H2,1-3H3. The summed E-state index contributed by atoms with van der Waals surface area (Å²) in [5.41, 5.74) is 2.54. The second-order valence-corrected chi connectivity index (χ2v) is 10.9. The van der Waals surface area contributed by atoms with E-state index in [-0.39, 0.29) is 9.99 Å². The van der Waals surface area contributed by atoms with Crippen LogP contribution in [0.5, 0.6) is 0 Å². The first-order chi connectivity index (χ1) is 10.8. The van der Waals surface area contributed by atoms with Crippen LogP contribution in [0.1, 0.15) is 50.9 Å². The molecule has 0 spiro atoms. The number of aromatic nitrogens is 2. The summed E-state index contributed by atoms with van der Waals surface area (Å²) >= 11 is 7.08. The molecule has 2 aliphatic rings. The van der Waals surface area contributed by atoms with Gasteiger partial charge in [0, 0.05) is 29.0 Å². The highest BCUT2D eigenvalue weighted by Crippen LogP contribution is 2.35. The van der Waals surface area contributed by atoms with Crippen molar-refractivity contribution in [3.63, 3.8) is 0 Å². The van der Waals surface area contributed by atoms with E-state index in [1.54, 1.807) is 0 Å². The molecular weight excluding hydrogens is 394 g/mol. The van der Waals surface area contributed by atoms with Crippen LogP contribution in [0.15, 0.2) is 4.60 Å². The van der Waals surface area contributed by atoms with E-state index in [1.165, 1.54) is 47.4 Å². The number of carbonyl (C=O) groups excluding carboxylic acids is 1. The summed E-state index contributed by atoms with van der Waals surface area (Å²) in [6.45, 7) is 7.73. The van der Waals surface area contributed by atoms with Gasteiger partial charge in [0.25, 0.3) is 5.24 Å². The van der Waals surface area contributed by atoms with Crippen molar-refractivity contribution in [3.05, 3.63) is 15.9 Å². The summed E-state index contributed by atoms with van der Waals surface area (Å²) in [6, 6.07) is 0.530. The molecule has 3 rings (SSSR count). The molecule has 4 nitrogen and oxygen atoms in total. The lowest BCUT2D eigenvalue weighted by molar-refractivity contribution is 0.216. The van der Waals surface area contributed by atoms with Gasteiger partial charge in [0.05, 0.1) is 12.6 Å². The third-order valence-electron chi connectivity index (χ3n) is 4.23. The van der Waals surface area contributed by atoms with Gasteiger partial charge >= 0.3 is 0 Å². The minimum atomic E-state index is -0.0431. The molecule has 3 heterocycles. The fourth-order valence-corrected chi connectivity index (χ4v) is 5.53. The van der Waals surface area contributed by atoms with Crippen molar-refractivity contribution in [1.29, 1.82) is 0 Å². The Bertz CT molecular complexity index is 591. The summed E-state index contributed by atoms with van der Waals surface area (Å²) in [6.07, 6.45) is 3.31. The molecule has 0 aromatic carbocycles. The van der Waals surface area contributed by atoms with Gasteiger partial charge in [0.1, 0.15) is 4.60 Å². The van der Waals surface area contributed by atoms with Crippen molar-refractivity contribution in [2.24, 2.45) is 0 Å². The molecule has 0 aliphatic carbocycles. The van der Waals surface area contributed by atoms with E-state index in [0.29, 0.717) is 12.6 Å². The maximum absolute atomic E-state index is 12.5. The Hall–Kier alpha value is -0.140. The summed E-state index contributed by atoms with van der Waals surface area (Å²) in [4.78, 5) is 14.5. The molecule has 0 bridgehead atoms. The van der Waals surface area contributed by atoms with Crippen molar-refractivity contribution in [3.8, 4) is 0 Å². The predicted molar refractivity (Wildman–Crippen MR) is 102 cm³/mol. The topological polar surface area (TPSA) is 38.1 Å². The Labute approximate surface area is 155 Å². The zero-order valence-electron chi connectivity index (χ0n) is 14.0. The molecule has 0 saturated carbocycles. The van der Waals surface area contributed by atoms with Crippen molar-refractivity contribution < 1.29 is 4.79 Å². The predicted octanol–water partition coefficient (Wildman–Crippen LogP) is 4.72. The van der Waals surface area contributed by atoms with E-state index in [2.05, 4.69) is 41.4 Å². The van der Waals surface area contributed by atoms with E-state index >= 15 is 0 Å². The zero-order chi connectivity index (χ0) is 16.6. The SMILES string of the molecule is CC(C)(C)SC(=O)N1CCc2c(c(Br)nn2C2CCSCC2)C1. The first-order valence-corrected chi connectivity index (χ1v) is 10.9. The lowest BCUT2D eigenvalue weighted by Gasteiger charge is -2.31. The monoisotopic (exact) mass is 417 g/mol. The largest absolute Gasteiger partial charge is 0.329 e. The Kier molecular flexibility index (Phi) is 5.38. The maximum Gasteiger partial charge on any atom is 0.282 e. The van der Waals surface area contributed by atoms with Gasteiger partial charge in [0.2, 0.25) is 0 Å². The van der Waals surface area contributed by atoms with Crippen LogP contribution in [0.25, 0.3) is 0 Å². The Morgan fingerprint density at radius 3 is 2.70 bits per heavy atom. The molecule has 1 aromatic heterocycles. The molecule has 2 aliphatic heterocycles. The van der Waals surface area contributed by atoms with Gasteiger partial charge in [-0.25, -0.2) is 0 Å². The van der Waals surface area contributed by atoms with Crippen molar-refractivity contribution in [2.75, 3.05) is 18.1 Å². The third kappa shape index (κ3) is 4.10. The smallest absolute Gasteiger partial charge is 0.282 e. The number of halogens is 1. The fourth-order valence-electron chi connectivity index (χ4n) is 3.12. The minimum absolute atomic E-state index is 0.0431. The second-order valence-electron chi connectivity index (χ2n) is 7.16. The second kappa shape index (κ2) is 7.00. The number of rotatable bonds is 1. The zero-order valence-corrected chi connectivity index (χ0v) is 17.2. The fraction of sp³-hybridized carbons (Fsp3) is 0.750. The average Bonchev–Trinajstić information content (AvgIpc) is 2.83. The molecule has 7 heteroatoms. The van der Waals surface area contributed by atoms with Crippen LogP contribution in [-0.2, 0) is 13.0 Å². The molecule has 23 heavy (non-hydrogen) atoms. The summed E-state index contributed by atoms with van der Waals surface area (Å²) < 4.78 is 3.13.